The van der Waals surface area contributed by atoms with Gasteiger partial charge in [-0.1, -0.05) is 12.1 Å². The Kier molecular flexibility index (Phi) is 3.83. The number of rotatable bonds is 2. The van der Waals surface area contributed by atoms with Crippen molar-refractivity contribution in [2.24, 2.45) is 4.99 Å². The standard InChI is InChI=1S/C16H9FINO2/c17-12-6-4-11(5-7-12)15-19-14(16(20)21-15)9-10-2-1-3-13(18)8-10/h1-9H. The molecule has 0 atom stereocenters. The van der Waals surface area contributed by atoms with Gasteiger partial charge in [0.2, 0.25) is 5.90 Å². The van der Waals surface area contributed by atoms with Crippen molar-refractivity contribution in [3.05, 3.63) is 74.7 Å². The van der Waals surface area contributed by atoms with Gasteiger partial charge in [-0.25, -0.2) is 14.2 Å². The third kappa shape index (κ3) is 3.18. The van der Waals surface area contributed by atoms with E-state index in [2.05, 4.69) is 27.6 Å². The molecule has 104 valence electrons. The van der Waals surface area contributed by atoms with E-state index in [0.29, 0.717) is 5.56 Å². The van der Waals surface area contributed by atoms with E-state index in [4.69, 9.17) is 4.74 Å². The maximum atomic E-state index is 12.9. The van der Waals surface area contributed by atoms with Crippen LogP contribution in [0.25, 0.3) is 6.08 Å². The van der Waals surface area contributed by atoms with E-state index >= 15 is 0 Å². The number of carbonyl (C=O) groups is 1. The predicted octanol–water partition coefficient (Wildman–Crippen LogP) is 3.77. The largest absolute Gasteiger partial charge is 0.402 e. The van der Waals surface area contributed by atoms with Crippen LogP contribution in [0.15, 0.2) is 59.2 Å². The summed E-state index contributed by atoms with van der Waals surface area (Å²) in [5.74, 6) is -0.664. The zero-order chi connectivity index (χ0) is 14.8. The number of esters is 1. The number of ether oxygens (including phenoxy) is 1. The van der Waals surface area contributed by atoms with Gasteiger partial charge in [-0.15, -0.1) is 0 Å². The molecule has 0 unspecified atom stereocenters. The smallest absolute Gasteiger partial charge is 0.363 e. The maximum absolute atomic E-state index is 12.9. The quantitative estimate of drug-likeness (QED) is 0.443. The van der Waals surface area contributed by atoms with Crippen molar-refractivity contribution >= 4 is 40.5 Å². The first-order valence-electron chi connectivity index (χ1n) is 6.16. The molecular weight excluding hydrogens is 384 g/mol. The molecule has 3 nitrogen and oxygen atoms in total. The second-order valence-electron chi connectivity index (χ2n) is 4.40. The molecule has 5 heteroatoms. The van der Waals surface area contributed by atoms with Crippen LogP contribution in [0.4, 0.5) is 4.39 Å². The molecule has 0 saturated heterocycles. The Bertz CT molecular complexity index is 766. The molecular formula is C16H9FINO2. The molecule has 0 aromatic heterocycles. The van der Waals surface area contributed by atoms with Crippen LogP contribution in [-0.2, 0) is 9.53 Å². The molecule has 0 fully saturated rings. The first-order chi connectivity index (χ1) is 10.1. The normalized spacial score (nSPS) is 16.0. The molecule has 0 N–H and O–H groups in total. The number of cyclic esters (lactones) is 1. The number of benzene rings is 2. The highest BCUT2D eigenvalue weighted by Crippen LogP contribution is 2.20. The van der Waals surface area contributed by atoms with Gasteiger partial charge >= 0.3 is 5.97 Å². The Balaban J connectivity index is 1.93. The lowest BCUT2D eigenvalue weighted by Gasteiger charge is -1.98. The number of nitrogens with zero attached hydrogens (tertiary/aromatic N) is 1. The van der Waals surface area contributed by atoms with Gasteiger partial charge in [0, 0.05) is 9.13 Å². The van der Waals surface area contributed by atoms with Crippen molar-refractivity contribution in [3.63, 3.8) is 0 Å². The molecule has 0 amide bonds. The summed E-state index contributed by atoms with van der Waals surface area (Å²) in [6, 6.07) is 13.3. The van der Waals surface area contributed by atoms with E-state index in [9.17, 15) is 9.18 Å². The summed E-state index contributed by atoms with van der Waals surface area (Å²) >= 11 is 2.20. The van der Waals surface area contributed by atoms with Gasteiger partial charge in [0.05, 0.1) is 0 Å². The highest BCUT2D eigenvalue weighted by atomic mass is 127. The maximum Gasteiger partial charge on any atom is 0.363 e. The topological polar surface area (TPSA) is 38.7 Å². The molecule has 1 aliphatic rings. The number of hydrogen-bond acceptors (Lipinski definition) is 3. The van der Waals surface area contributed by atoms with Crippen molar-refractivity contribution in [3.8, 4) is 0 Å². The van der Waals surface area contributed by atoms with Crippen molar-refractivity contribution in [1.82, 2.24) is 0 Å². The number of hydrogen-bond donors (Lipinski definition) is 0. The van der Waals surface area contributed by atoms with Crippen LogP contribution in [-0.4, -0.2) is 11.9 Å². The minimum absolute atomic E-state index is 0.192. The van der Waals surface area contributed by atoms with Gasteiger partial charge in [-0.2, -0.15) is 0 Å². The van der Waals surface area contributed by atoms with Crippen LogP contribution in [0.3, 0.4) is 0 Å². The van der Waals surface area contributed by atoms with Crippen LogP contribution in [0.1, 0.15) is 11.1 Å². The second-order valence-corrected chi connectivity index (χ2v) is 5.64. The lowest BCUT2D eigenvalue weighted by molar-refractivity contribution is -0.129. The summed E-state index contributed by atoms with van der Waals surface area (Å²) in [4.78, 5) is 16.0. The Morgan fingerprint density at radius 1 is 1.14 bits per heavy atom. The first-order valence-corrected chi connectivity index (χ1v) is 7.24. The Labute approximate surface area is 134 Å². The Morgan fingerprint density at radius 3 is 2.62 bits per heavy atom. The molecule has 0 bridgehead atoms. The number of halogens is 2. The average molecular weight is 393 g/mol. The predicted molar refractivity (Wildman–Crippen MR) is 86.2 cm³/mol. The first kappa shape index (κ1) is 13.9. The lowest BCUT2D eigenvalue weighted by atomic mass is 10.2. The van der Waals surface area contributed by atoms with Crippen molar-refractivity contribution in [1.29, 1.82) is 0 Å². The van der Waals surface area contributed by atoms with E-state index in [0.717, 1.165) is 9.13 Å². The molecule has 2 aromatic carbocycles. The summed E-state index contributed by atoms with van der Waals surface area (Å²) < 4.78 is 19.1. The summed E-state index contributed by atoms with van der Waals surface area (Å²) in [5.41, 5.74) is 1.67. The van der Waals surface area contributed by atoms with E-state index < -0.39 is 5.97 Å². The van der Waals surface area contributed by atoms with Gasteiger partial charge in [-0.05, 0) is 70.6 Å². The average Bonchev–Trinajstić information content (AvgIpc) is 2.81. The van der Waals surface area contributed by atoms with E-state index in [1.54, 1.807) is 6.08 Å². The minimum Gasteiger partial charge on any atom is -0.402 e. The van der Waals surface area contributed by atoms with Crippen LogP contribution in [0, 0.1) is 9.39 Å². The molecule has 1 heterocycles. The number of aliphatic imine (C=N–C) groups is 1. The van der Waals surface area contributed by atoms with Gasteiger partial charge < -0.3 is 4.74 Å². The fraction of sp³-hybridized carbons (Fsp3) is 0. The third-order valence-electron chi connectivity index (χ3n) is 2.86. The molecule has 0 aliphatic carbocycles. The zero-order valence-corrected chi connectivity index (χ0v) is 12.9. The summed E-state index contributed by atoms with van der Waals surface area (Å²) in [7, 11) is 0. The SMILES string of the molecule is O=C1OC(c2ccc(F)cc2)=NC1=Cc1cccc(I)c1. The van der Waals surface area contributed by atoms with Crippen LogP contribution in [0.5, 0.6) is 0 Å². The van der Waals surface area contributed by atoms with E-state index in [1.165, 1.54) is 24.3 Å². The monoisotopic (exact) mass is 393 g/mol. The summed E-state index contributed by atoms with van der Waals surface area (Å²) in [6.07, 6.45) is 1.67. The fourth-order valence-corrected chi connectivity index (χ4v) is 2.45. The van der Waals surface area contributed by atoms with Gasteiger partial charge in [0.25, 0.3) is 0 Å². The van der Waals surface area contributed by atoms with Crippen molar-refractivity contribution in [2.75, 3.05) is 0 Å². The highest BCUT2D eigenvalue weighted by Gasteiger charge is 2.24. The summed E-state index contributed by atoms with van der Waals surface area (Å²) in [5, 5.41) is 0. The number of carbonyl (C=O) groups excluding carboxylic acids is 1. The lowest BCUT2D eigenvalue weighted by Crippen LogP contribution is -2.05. The van der Waals surface area contributed by atoms with Gasteiger partial charge in [-0.3, -0.25) is 0 Å². The molecule has 0 spiro atoms. The summed E-state index contributed by atoms with van der Waals surface area (Å²) in [6.45, 7) is 0. The van der Waals surface area contributed by atoms with Gasteiger partial charge in [0.1, 0.15) is 5.82 Å². The molecule has 0 saturated carbocycles. The molecule has 1 aliphatic heterocycles. The minimum atomic E-state index is -0.506. The molecule has 21 heavy (non-hydrogen) atoms. The highest BCUT2D eigenvalue weighted by molar-refractivity contribution is 14.1. The third-order valence-corrected chi connectivity index (χ3v) is 3.53. The molecule has 3 rings (SSSR count). The zero-order valence-electron chi connectivity index (χ0n) is 10.7. The fourth-order valence-electron chi connectivity index (χ4n) is 1.88. The second kappa shape index (κ2) is 5.77. The molecule has 2 aromatic rings. The van der Waals surface area contributed by atoms with Crippen molar-refractivity contribution in [2.45, 2.75) is 0 Å². The van der Waals surface area contributed by atoms with Gasteiger partial charge in [0.15, 0.2) is 5.70 Å². The Morgan fingerprint density at radius 2 is 1.90 bits per heavy atom. The van der Waals surface area contributed by atoms with Crippen LogP contribution >= 0.6 is 22.6 Å². The van der Waals surface area contributed by atoms with Crippen LogP contribution in [0.2, 0.25) is 0 Å². The van der Waals surface area contributed by atoms with Crippen LogP contribution < -0.4 is 0 Å². The Hall–Kier alpha value is -2.02. The van der Waals surface area contributed by atoms with Crippen molar-refractivity contribution < 1.29 is 13.9 Å². The van der Waals surface area contributed by atoms with E-state index in [-0.39, 0.29) is 17.4 Å². The van der Waals surface area contributed by atoms with E-state index in [1.807, 2.05) is 24.3 Å². The molecule has 0 radical (unpaired) electrons.